The normalized spacial score (nSPS) is 12.8. The van der Waals surface area contributed by atoms with Gasteiger partial charge in [0.2, 0.25) is 0 Å². The molecule has 0 fully saturated rings. The SMILES string of the molecule is COc1ccc(COC(=O)CCCC(C)(C)O[Si](C)(C)C(C)(C)C)cc1. The molecule has 0 atom stereocenters. The van der Waals surface area contributed by atoms with E-state index in [1.54, 1.807) is 7.11 Å². The van der Waals surface area contributed by atoms with Crippen molar-refractivity contribution >= 4 is 14.3 Å². The predicted molar refractivity (Wildman–Crippen MR) is 109 cm³/mol. The van der Waals surface area contributed by atoms with E-state index >= 15 is 0 Å². The van der Waals surface area contributed by atoms with Crippen LogP contribution in [0.3, 0.4) is 0 Å². The quantitative estimate of drug-likeness (QED) is 0.406. The minimum Gasteiger partial charge on any atom is -0.497 e. The molecule has 1 aromatic rings. The van der Waals surface area contributed by atoms with E-state index in [9.17, 15) is 4.79 Å². The zero-order valence-electron chi connectivity index (χ0n) is 17.8. The molecule has 1 aromatic carbocycles. The van der Waals surface area contributed by atoms with Crippen LogP contribution in [0.2, 0.25) is 18.1 Å². The molecule has 0 saturated heterocycles. The van der Waals surface area contributed by atoms with E-state index in [1.807, 2.05) is 24.3 Å². The topological polar surface area (TPSA) is 44.8 Å². The fourth-order valence-electron chi connectivity index (χ4n) is 2.51. The van der Waals surface area contributed by atoms with Crippen molar-refractivity contribution in [2.45, 2.75) is 84.2 Å². The van der Waals surface area contributed by atoms with Gasteiger partial charge in [0, 0.05) is 6.42 Å². The van der Waals surface area contributed by atoms with Crippen LogP contribution in [-0.4, -0.2) is 27.0 Å². The number of benzene rings is 1. The lowest BCUT2D eigenvalue weighted by atomic mass is 10.0. The Balaban J connectivity index is 2.37. The Labute approximate surface area is 160 Å². The van der Waals surface area contributed by atoms with Crippen LogP contribution >= 0.6 is 0 Å². The van der Waals surface area contributed by atoms with Crippen LogP contribution in [-0.2, 0) is 20.6 Å². The zero-order valence-corrected chi connectivity index (χ0v) is 18.8. The summed E-state index contributed by atoms with van der Waals surface area (Å²) in [6.07, 6.45) is 2.03. The molecule has 0 aromatic heterocycles. The molecule has 0 aliphatic carbocycles. The van der Waals surface area contributed by atoms with E-state index in [0.29, 0.717) is 13.0 Å². The summed E-state index contributed by atoms with van der Waals surface area (Å²) in [4.78, 5) is 12.0. The predicted octanol–water partition coefficient (Wildman–Crippen LogP) is 5.71. The fourth-order valence-corrected chi connectivity index (χ4v) is 4.30. The first-order valence-electron chi connectivity index (χ1n) is 9.35. The first-order valence-corrected chi connectivity index (χ1v) is 12.3. The number of carbonyl (C=O) groups is 1. The van der Waals surface area contributed by atoms with E-state index in [0.717, 1.165) is 24.2 Å². The third kappa shape index (κ3) is 7.50. The van der Waals surface area contributed by atoms with Gasteiger partial charge in [0.25, 0.3) is 0 Å². The summed E-state index contributed by atoms with van der Waals surface area (Å²) in [5.41, 5.74) is 0.736. The van der Waals surface area contributed by atoms with Gasteiger partial charge < -0.3 is 13.9 Å². The van der Waals surface area contributed by atoms with Crippen molar-refractivity contribution in [1.82, 2.24) is 0 Å². The smallest absolute Gasteiger partial charge is 0.306 e. The van der Waals surface area contributed by atoms with Gasteiger partial charge >= 0.3 is 5.97 Å². The summed E-state index contributed by atoms with van der Waals surface area (Å²) in [5.74, 6) is 0.632. The van der Waals surface area contributed by atoms with Crippen LogP contribution in [0.15, 0.2) is 24.3 Å². The summed E-state index contributed by atoms with van der Waals surface area (Å²) < 4.78 is 17.0. The molecule has 5 heteroatoms. The number of hydrogen-bond acceptors (Lipinski definition) is 4. The lowest BCUT2D eigenvalue weighted by molar-refractivity contribution is -0.145. The number of methoxy groups -OCH3 is 1. The second-order valence-electron chi connectivity index (χ2n) is 8.98. The molecule has 0 unspecified atom stereocenters. The molecule has 0 aliphatic rings. The van der Waals surface area contributed by atoms with Crippen molar-refractivity contribution < 1.29 is 18.7 Å². The van der Waals surface area contributed by atoms with Crippen molar-refractivity contribution in [2.24, 2.45) is 0 Å². The molecule has 0 aliphatic heterocycles. The molecule has 0 heterocycles. The van der Waals surface area contributed by atoms with Gasteiger partial charge in [-0.05, 0) is 62.5 Å². The molecule has 0 N–H and O–H groups in total. The van der Waals surface area contributed by atoms with Gasteiger partial charge in [-0.25, -0.2) is 0 Å². The maximum atomic E-state index is 12.0. The zero-order chi connectivity index (χ0) is 20.0. The lowest BCUT2D eigenvalue weighted by Crippen LogP contribution is -2.47. The standard InChI is InChI=1S/C21H36O4Si/c1-20(2,3)26(7,8)25-21(4,5)15-9-10-19(22)24-16-17-11-13-18(23-6)14-12-17/h11-14H,9-10,15-16H2,1-8H3. The molecule has 0 amide bonds. The molecule has 0 saturated carbocycles. The highest BCUT2D eigenvalue weighted by molar-refractivity contribution is 6.74. The molecule has 1 rings (SSSR count). The van der Waals surface area contributed by atoms with Crippen LogP contribution in [0, 0.1) is 0 Å². The number of ether oxygens (including phenoxy) is 2. The van der Waals surface area contributed by atoms with Gasteiger partial charge in [-0.3, -0.25) is 4.79 Å². The third-order valence-electron chi connectivity index (χ3n) is 5.06. The second-order valence-corrected chi connectivity index (χ2v) is 13.7. The molecular formula is C21H36O4Si. The fraction of sp³-hybridized carbons (Fsp3) is 0.667. The highest BCUT2D eigenvalue weighted by atomic mass is 28.4. The van der Waals surface area contributed by atoms with Crippen molar-refractivity contribution in [1.29, 1.82) is 0 Å². The molecule has 0 radical (unpaired) electrons. The summed E-state index contributed by atoms with van der Waals surface area (Å²) in [5, 5.41) is 0.182. The highest BCUT2D eigenvalue weighted by Gasteiger charge is 2.41. The first kappa shape index (κ1) is 22.7. The van der Waals surface area contributed by atoms with Gasteiger partial charge in [0.1, 0.15) is 12.4 Å². The van der Waals surface area contributed by atoms with E-state index in [-0.39, 0.29) is 16.6 Å². The van der Waals surface area contributed by atoms with Gasteiger partial charge in [0.05, 0.1) is 12.7 Å². The van der Waals surface area contributed by atoms with Crippen molar-refractivity contribution in [2.75, 3.05) is 7.11 Å². The summed E-state index contributed by atoms with van der Waals surface area (Å²) in [6.45, 7) is 15.8. The monoisotopic (exact) mass is 380 g/mol. The molecule has 0 spiro atoms. The minimum absolute atomic E-state index is 0.163. The molecule has 0 bridgehead atoms. The Hall–Kier alpha value is -1.33. The van der Waals surface area contributed by atoms with Crippen LogP contribution < -0.4 is 4.74 Å². The summed E-state index contributed by atoms with van der Waals surface area (Å²) in [6, 6.07) is 7.54. The van der Waals surface area contributed by atoms with E-state index < -0.39 is 8.32 Å². The van der Waals surface area contributed by atoms with Crippen LogP contribution in [0.1, 0.15) is 59.4 Å². The number of carbonyl (C=O) groups excluding carboxylic acids is 1. The van der Waals surface area contributed by atoms with Crippen LogP contribution in [0.25, 0.3) is 0 Å². The molecular weight excluding hydrogens is 344 g/mol. The Bertz CT molecular complexity index is 571. The average Bonchev–Trinajstić information content (AvgIpc) is 2.51. The lowest BCUT2D eigenvalue weighted by Gasteiger charge is -2.43. The molecule has 26 heavy (non-hydrogen) atoms. The summed E-state index contributed by atoms with van der Waals surface area (Å²) >= 11 is 0. The highest BCUT2D eigenvalue weighted by Crippen LogP contribution is 2.40. The Kier molecular flexibility index (Phi) is 7.90. The molecule has 4 nitrogen and oxygen atoms in total. The van der Waals surface area contributed by atoms with Crippen molar-refractivity contribution in [3.63, 3.8) is 0 Å². The van der Waals surface area contributed by atoms with Gasteiger partial charge in [-0.2, -0.15) is 0 Å². The molecule has 148 valence electrons. The third-order valence-corrected chi connectivity index (χ3v) is 9.73. The average molecular weight is 381 g/mol. The number of hydrogen-bond donors (Lipinski definition) is 0. The van der Waals surface area contributed by atoms with Crippen molar-refractivity contribution in [3.05, 3.63) is 29.8 Å². The van der Waals surface area contributed by atoms with E-state index in [1.165, 1.54) is 0 Å². The Morgan fingerprint density at radius 1 is 1.04 bits per heavy atom. The number of rotatable bonds is 9. The largest absolute Gasteiger partial charge is 0.497 e. The Morgan fingerprint density at radius 2 is 1.62 bits per heavy atom. The minimum atomic E-state index is -1.81. The van der Waals surface area contributed by atoms with Crippen molar-refractivity contribution in [3.8, 4) is 5.75 Å². The Morgan fingerprint density at radius 3 is 2.12 bits per heavy atom. The van der Waals surface area contributed by atoms with Crippen LogP contribution in [0.5, 0.6) is 5.75 Å². The number of esters is 1. The van der Waals surface area contributed by atoms with Gasteiger partial charge in [0.15, 0.2) is 8.32 Å². The van der Waals surface area contributed by atoms with Gasteiger partial charge in [-0.15, -0.1) is 0 Å². The summed E-state index contributed by atoms with van der Waals surface area (Å²) in [7, 11) is -0.181. The first-order chi connectivity index (χ1) is 11.9. The van der Waals surface area contributed by atoms with E-state index in [4.69, 9.17) is 13.9 Å². The second kappa shape index (κ2) is 9.04. The maximum absolute atomic E-state index is 12.0. The van der Waals surface area contributed by atoms with Gasteiger partial charge in [-0.1, -0.05) is 32.9 Å². The maximum Gasteiger partial charge on any atom is 0.306 e. The van der Waals surface area contributed by atoms with E-state index in [2.05, 4.69) is 47.7 Å². The van der Waals surface area contributed by atoms with Crippen LogP contribution in [0.4, 0.5) is 0 Å².